The van der Waals surface area contributed by atoms with Gasteiger partial charge in [-0.05, 0) is 13.3 Å². The van der Waals surface area contributed by atoms with Crippen LogP contribution in [0.2, 0.25) is 0 Å². The predicted octanol–water partition coefficient (Wildman–Crippen LogP) is 0.353. The second kappa shape index (κ2) is 9.97. The lowest BCUT2D eigenvalue weighted by molar-refractivity contribution is -0.142. The fourth-order valence-electron chi connectivity index (χ4n) is 0.894. The van der Waals surface area contributed by atoms with Gasteiger partial charge in [-0.2, -0.15) is 0 Å². The maximum atomic E-state index is 11.1. The van der Waals surface area contributed by atoms with E-state index in [0.717, 1.165) is 6.42 Å². The van der Waals surface area contributed by atoms with E-state index < -0.39 is 5.97 Å². The molecule has 0 aliphatic rings. The molecule has 0 aromatic rings. The SMILES string of the molecule is C/C=C/CCNC(=O)NCCOCC(=O)O. The molecule has 0 heterocycles. The molecule has 0 bridgehead atoms. The highest BCUT2D eigenvalue weighted by Gasteiger charge is 1.98. The molecule has 0 radical (unpaired) electrons. The summed E-state index contributed by atoms with van der Waals surface area (Å²) in [5, 5.41) is 13.4. The lowest BCUT2D eigenvalue weighted by Gasteiger charge is -2.06. The van der Waals surface area contributed by atoms with Gasteiger partial charge in [-0.1, -0.05) is 12.2 Å². The summed E-state index contributed by atoms with van der Waals surface area (Å²) in [6, 6.07) is -0.275. The number of nitrogens with one attached hydrogen (secondary N) is 2. The fourth-order valence-corrected chi connectivity index (χ4v) is 0.894. The third-order valence-electron chi connectivity index (χ3n) is 1.59. The van der Waals surface area contributed by atoms with Crippen molar-refractivity contribution in [3.63, 3.8) is 0 Å². The van der Waals surface area contributed by atoms with Gasteiger partial charge in [0.05, 0.1) is 6.61 Å². The number of hydrogen-bond acceptors (Lipinski definition) is 3. The van der Waals surface area contributed by atoms with Gasteiger partial charge >= 0.3 is 12.0 Å². The molecular weight excluding hydrogens is 212 g/mol. The Balaban J connectivity index is 3.27. The third kappa shape index (κ3) is 10.5. The number of carbonyl (C=O) groups is 2. The topological polar surface area (TPSA) is 87.7 Å². The van der Waals surface area contributed by atoms with Crippen LogP contribution in [-0.4, -0.2) is 43.4 Å². The van der Waals surface area contributed by atoms with Crippen molar-refractivity contribution in [3.05, 3.63) is 12.2 Å². The Morgan fingerprint density at radius 3 is 2.62 bits per heavy atom. The number of rotatable bonds is 8. The number of carbonyl (C=O) groups excluding carboxylic acids is 1. The smallest absolute Gasteiger partial charge is 0.329 e. The third-order valence-corrected chi connectivity index (χ3v) is 1.59. The molecule has 0 saturated heterocycles. The molecule has 6 heteroatoms. The fraction of sp³-hybridized carbons (Fsp3) is 0.600. The quantitative estimate of drug-likeness (QED) is 0.415. The number of carboxylic acid groups (broad SMARTS) is 1. The molecule has 6 nitrogen and oxygen atoms in total. The summed E-state index contributed by atoms with van der Waals surface area (Å²) in [7, 11) is 0. The molecule has 16 heavy (non-hydrogen) atoms. The van der Waals surface area contributed by atoms with Gasteiger partial charge in [-0.25, -0.2) is 9.59 Å². The second-order valence-electron chi connectivity index (χ2n) is 2.99. The first-order valence-electron chi connectivity index (χ1n) is 5.09. The molecular formula is C10H18N2O4. The van der Waals surface area contributed by atoms with E-state index in [9.17, 15) is 9.59 Å². The number of carboxylic acids is 1. The highest BCUT2D eigenvalue weighted by molar-refractivity contribution is 5.73. The van der Waals surface area contributed by atoms with Gasteiger partial charge in [0, 0.05) is 13.1 Å². The van der Waals surface area contributed by atoms with E-state index in [2.05, 4.69) is 10.6 Å². The normalized spacial score (nSPS) is 10.3. The minimum atomic E-state index is -1.02. The summed E-state index contributed by atoms with van der Waals surface area (Å²) < 4.78 is 4.74. The van der Waals surface area contributed by atoms with Crippen molar-refractivity contribution in [3.8, 4) is 0 Å². The summed E-state index contributed by atoms with van der Waals surface area (Å²) >= 11 is 0. The first-order valence-corrected chi connectivity index (χ1v) is 5.09. The van der Waals surface area contributed by atoms with Crippen LogP contribution >= 0.6 is 0 Å². The Labute approximate surface area is 94.7 Å². The average Bonchev–Trinajstić information content (AvgIpc) is 2.23. The van der Waals surface area contributed by atoms with Gasteiger partial charge in [-0.15, -0.1) is 0 Å². The zero-order chi connectivity index (χ0) is 12.2. The maximum absolute atomic E-state index is 11.1. The minimum Gasteiger partial charge on any atom is -0.480 e. The van der Waals surface area contributed by atoms with Gasteiger partial charge in [0.25, 0.3) is 0 Å². The molecule has 0 rings (SSSR count). The Bertz CT molecular complexity index is 241. The summed E-state index contributed by atoms with van der Waals surface area (Å²) in [5.74, 6) is -1.02. The Hall–Kier alpha value is -1.56. The predicted molar refractivity (Wildman–Crippen MR) is 59.3 cm³/mol. The van der Waals surface area contributed by atoms with Crippen molar-refractivity contribution in [2.75, 3.05) is 26.3 Å². The number of amides is 2. The molecule has 2 amide bonds. The molecule has 92 valence electrons. The molecule has 0 aromatic carbocycles. The summed E-state index contributed by atoms with van der Waals surface area (Å²) in [4.78, 5) is 21.2. The van der Waals surface area contributed by atoms with Crippen molar-refractivity contribution in [2.24, 2.45) is 0 Å². The van der Waals surface area contributed by atoms with Crippen molar-refractivity contribution >= 4 is 12.0 Å². The van der Waals surface area contributed by atoms with E-state index in [4.69, 9.17) is 9.84 Å². The van der Waals surface area contributed by atoms with Crippen molar-refractivity contribution in [1.29, 1.82) is 0 Å². The Kier molecular flexibility index (Phi) is 9.00. The van der Waals surface area contributed by atoms with Crippen LogP contribution in [0, 0.1) is 0 Å². The standard InChI is InChI=1S/C10H18N2O4/c1-2-3-4-5-11-10(15)12-6-7-16-8-9(13)14/h2-3H,4-8H2,1H3,(H,13,14)(H2,11,12,15)/b3-2+. The van der Waals surface area contributed by atoms with Crippen LogP contribution in [0.5, 0.6) is 0 Å². The molecule has 0 aliphatic carbocycles. The molecule has 0 unspecified atom stereocenters. The van der Waals surface area contributed by atoms with E-state index in [1.807, 2.05) is 19.1 Å². The van der Waals surface area contributed by atoms with Gasteiger partial charge < -0.3 is 20.5 Å². The van der Waals surface area contributed by atoms with E-state index in [-0.39, 0.29) is 19.2 Å². The van der Waals surface area contributed by atoms with E-state index >= 15 is 0 Å². The van der Waals surface area contributed by atoms with Gasteiger partial charge in [-0.3, -0.25) is 0 Å². The van der Waals surface area contributed by atoms with Crippen molar-refractivity contribution < 1.29 is 19.4 Å². The largest absolute Gasteiger partial charge is 0.480 e. The van der Waals surface area contributed by atoms with Gasteiger partial charge in [0.1, 0.15) is 6.61 Å². The van der Waals surface area contributed by atoms with Gasteiger partial charge in [0.2, 0.25) is 0 Å². The van der Waals surface area contributed by atoms with Crippen LogP contribution < -0.4 is 10.6 Å². The zero-order valence-corrected chi connectivity index (χ0v) is 9.36. The van der Waals surface area contributed by atoms with Crippen LogP contribution in [0.15, 0.2) is 12.2 Å². The maximum Gasteiger partial charge on any atom is 0.329 e. The lowest BCUT2D eigenvalue weighted by atomic mass is 10.4. The number of urea groups is 1. The Morgan fingerprint density at radius 1 is 1.31 bits per heavy atom. The lowest BCUT2D eigenvalue weighted by Crippen LogP contribution is -2.37. The second-order valence-corrected chi connectivity index (χ2v) is 2.99. The number of ether oxygens (including phenoxy) is 1. The van der Waals surface area contributed by atoms with Crippen LogP contribution in [0.3, 0.4) is 0 Å². The monoisotopic (exact) mass is 230 g/mol. The number of aliphatic carboxylic acids is 1. The zero-order valence-electron chi connectivity index (χ0n) is 9.36. The summed E-state index contributed by atoms with van der Waals surface area (Å²) in [6.45, 7) is 2.63. The minimum absolute atomic E-state index is 0.189. The van der Waals surface area contributed by atoms with E-state index in [1.165, 1.54) is 0 Å². The molecule has 0 atom stereocenters. The molecule has 0 aliphatic heterocycles. The van der Waals surface area contributed by atoms with Crippen LogP contribution in [0.25, 0.3) is 0 Å². The van der Waals surface area contributed by atoms with Crippen LogP contribution in [-0.2, 0) is 9.53 Å². The molecule has 0 aromatic heterocycles. The van der Waals surface area contributed by atoms with E-state index in [1.54, 1.807) is 0 Å². The molecule has 0 spiro atoms. The summed E-state index contributed by atoms with van der Waals surface area (Å²) in [6.07, 6.45) is 4.66. The van der Waals surface area contributed by atoms with Crippen LogP contribution in [0.4, 0.5) is 4.79 Å². The highest BCUT2D eigenvalue weighted by atomic mass is 16.5. The molecule has 3 N–H and O–H groups in total. The summed E-state index contributed by atoms with van der Waals surface area (Å²) in [5.41, 5.74) is 0. The number of allylic oxidation sites excluding steroid dienone is 1. The van der Waals surface area contributed by atoms with E-state index in [0.29, 0.717) is 13.1 Å². The first-order chi connectivity index (χ1) is 7.66. The number of hydrogen-bond donors (Lipinski definition) is 3. The van der Waals surface area contributed by atoms with Crippen LogP contribution in [0.1, 0.15) is 13.3 Å². The first kappa shape index (κ1) is 14.4. The molecule has 0 saturated carbocycles. The molecule has 0 fully saturated rings. The van der Waals surface area contributed by atoms with Crippen molar-refractivity contribution in [2.45, 2.75) is 13.3 Å². The van der Waals surface area contributed by atoms with Gasteiger partial charge in [0.15, 0.2) is 0 Å². The van der Waals surface area contributed by atoms with Crippen molar-refractivity contribution in [1.82, 2.24) is 10.6 Å². The highest BCUT2D eigenvalue weighted by Crippen LogP contribution is 1.79. The Morgan fingerprint density at radius 2 is 2.00 bits per heavy atom. The average molecular weight is 230 g/mol.